The van der Waals surface area contributed by atoms with Gasteiger partial charge in [-0.1, -0.05) is 36.4 Å². The zero-order chi connectivity index (χ0) is 23.6. The molecule has 1 saturated heterocycles. The molecule has 0 radical (unpaired) electrons. The second kappa shape index (κ2) is 9.17. The lowest BCUT2D eigenvalue weighted by Crippen LogP contribution is -2.50. The van der Waals surface area contributed by atoms with Gasteiger partial charge in [0, 0.05) is 32.9 Å². The molecule has 0 atom stereocenters. The van der Waals surface area contributed by atoms with Crippen LogP contribution in [0.3, 0.4) is 0 Å². The van der Waals surface area contributed by atoms with Crippen molar-refractivity contribution in [2.24, 2.45) is 12.5 Å². The third-order valence-corrected chi connectivity index (χ3v) is 6.86. The summed E-state index contributed by atoms with van der Waals surface area (Å²) in [6.45, 7) is 2.85. The summed E-state index contributed by atoms with van der Waals surface area (Å²) in [7, 11) is 3.47. The molecular formula is C26H29FN4O2. The van der Waals surface area contributed by atoms with E-state index in [-0.39, 0.29) is 17.6 Å². The number of carbonyl (C=O) groups excluding carboxylic acids is 2. The van der Waals surface area contributed by atoms with Crippen LogP contribution in [0.25, 0.3) is 11.1 Å². The number of rotatable bonds is 5. The van der Waals surface area contributed by atoms with E-state index in [4.69, 9.17) is 0 Å². The zero-order valence-corrected chi connectivity index (χ0v) is 19.3. The molecule has 1 aliphatic rings. The van der Waals surface area contributed by atoms with E-state index in [1.165, 1.54) is 12.1 Å². The first-order chi connectivity index (χ1) is 15.8. The van der Waals surface area contributed by atoms with E-state index < -0.39 is 5.41 Å². The minimum absolute atomic E-state index is 0.0267. The number of benzene rings is 2. The maximum Gasteiger partial charge on any atom is 0.257 e. The molecule has 2 aromatic carbocycles. The number of aromatic nitrogens is 2. The number of halogens is 1. The molecule has 6 nitrogen and oxygen atoms in total. The van der Waals surface area contributed by atoms with E-state index in [0.717, 1.165) is 22.4 Å². The van der Waals surface area contributed by atoms with Crippen molar-refractivity contribution in [1.29, 1.82) is 0 Å². The van der Waals surface area contributed by atoms with Crippen molar-refractivity contribution < 1.29 is 14.0 Å². The van der Waals surface area contributed by atoms with Crippen LogP contribution in [0.15, 0.2) is 54.7 Å². The Morgan fingerprint density at radius 2 is 1.85 bits per heavy atom. The molecular weight excluding hydrogens is 419 g/mol. The first-order valence-corrected chi connectivity index (χ1v) is 11.2. The topological polar surface area (TPSA) is 67.2 Å². The molecule has 0 bridgehead atoms. The van der Waals surface area contributed by atoms with Gasteiger partial charge in [-0.15, -0.1) is 0 Å². The number of likely N-dealkylation sites (tertiary alicyclic amines) is 1. The number of amides is 2. The van der Waals surface area contributed by atoms with Crippen molar-refractivity contribution in [2.75, 3.05) is 20.1 Å². The minimum atomic E-state index is -0.640. The number of hydrogen-bond acceptors (Lipinski definition) is 3. The number of aryl methyl sites for hydroxylation is 1. The number of nitrogens with zero attached hydrogens (tertiary/aromatic N) is 3. The largest absolute Gasteiger partial charge is 0.359 e. The number of nitrogens with one attached hydrogen (secondary N) is 1. The summed E-state index contributed by atoms with van der Waals surface area (Å²) < 4.78 is 15.6. The molecule has 33 heavy (non-hydrogen) atoms. The predicted octanol–water partition coefficient (Wildman–Crippen LogP) is 3.75. The van der Waals surface area contributed by atoms with Crippen molar-refractivity contribution >= 4 is 11.8 Å². The smallest absolute Gasteiger partial charge is 0.257 e. The number of piperidine rings is 1. The van der Waals surface area contributed by atoms with Crippen molar-refractivity contribution in [2.45, 2.75) is 26.2 Å². The average molecular weight is 449 g/mol. The second-order valence-corrected chi connectivity index (χ2v) is 8.76. The van der Waals surface area contributed by atoms with Crippen LogP contribution in [-0.4, -0.2) is 46.6 Å². The molecule has 0 unspecified atom stereocenters. The van der Waals surface area contributed by atoms with E-state index in [1.807, 2.05) is 49.2 Å². The highest BCUT2D eigenvalue weighted by Crippen LogP contribution is 2.38. The quantitative estimate of drug-likeness (QED) is 0.647. The summed E-state index contributed by atoms with van der Waals surface area (Å²) in [6.07, 6.45) is 3.23. The summed E-state index contributed by atoms with van der Waals surface area (Å²) in [6, 6.07) is 14.4. The van der Waals surface area contributed by atoms with Crippen molar-refractivity contribution in [3.8, 4) is 11.1 Å². The SMILES string of the molecule is CNC(=O)C1(Cc2ccccc2-c2cccc(F)c2)CCN(C(=O)c2cnn(C)c2C)CC1. The second-order valence-electron chi connectivity index (χ2n) is 8.76. The average Bonchev–Trinajstić information content (AvgIpc) is 3.17. The van der Waals surface area contributed by atoms with Crippen LogP contribution in [0.2, 0.25) is 0 Å². The van der Waals surface area contributed by atoms with E-state index in [0.29, 0.717) is 37.9 Å². The molecule has 172 valence electrons. The lowest BCUT2D eigenvalue weighted by Gasteiger charge is -2.41. The van der Waals surface area contributed by atoms with E-state index in [2.05, 4.69) is 10.4 Å². The fourth-order valence-electron chi connectivity index (χ4n) is 4.74. The Bertz CT molecular complexity index is 1180. The monoisotopic (exact) mass is 448 g/mol. The number of carbonyl (C=O) groups is 2. The molecule has 4 rings (SSSR count). The van der Waals surface area contributed by atoms with Gasteiger partial charge in [0.2, 0.25) is 5.91 Å². The highest BCUT2D eigenvalue weighted by Gasteiger charge is 2.42. The summed E-state index contributed by atoms with van der Waals surface area (Å²) in [4.78, 5) is 28.0. The number of hydrogen-bond donors (Lipinski definition) is 1. The third kappa shape index (κ3) is 4.40. The lowest BCUT2D eigenvalue weighted by molar-refractivity contribution is -0.133. The van der Waals surface area contributed by atoms with Gasteiger partial charge in [0.05, 0.1) is 17.2 Å². The van der Waals surface area contributed by atoms with Crippen molar-refractivity contribution in [1.82, 2.24) is 20.0 Å². The van der Waals surface area contributed by atoms with E-state index in [1.54, 1.807) is 24.0 Å². The normalized spacial score (nSPS) is 15.3. The standard InChI is InChI=1S/C26H29FN4O2/c1-18-23(17-29-30(18)3)24(32)31-13-11-26(12-14-31,25(33)28-2)16-20-7-4-5-10-22(20)19-8-6-9-21(27)15-19/h4-10,15,17H,11-14,16H2,1-3H3,(H,28,33). The van der Waals surface area contributed by atoms with Crippen LogP contribution in [0.1, 0.15) is 34.5 Å². The summed E-state index contributed by atoms with van der Waals surface area (Å²) >= 11 is 0. The van der Waals surface area contributed by atoms with Gasteiger partial charge in [-0.2, -0.15) is 5.10 Å². The van der Waals surface area contributed by atoms with Crippen LogP contribution < -0.4 is 5.32 Å². The Balaban J connectivity index is 1.59. The van der Waals surface area contributed by atoms with Crippen LogP contribution >= 0.6 is 0 Å². The highest BCUT2D eigenvalue weighted by molar-refractivity contribution is 5.95. The van der Waals surface area contributed by atoms with Gasteiger partial charge in [-0.3, -0.25) is 14.3 Å². The Labute approximate surface area is 193 Å². The lowest BCUT2D eigenvalue weighted by atomic mass is 9.72. The fourth-order valence-corrected chi connectivity index (χ4v) is 4.74. The van der Waals surface area contributed by atoms with Crippen molar-refractivity contribution in [3.63, 3.8) is 0 Å². The Kier molecular flexibility index (Phi) is 6.31. The summed E-state index contributed by atoms with van der Waals surface area (Å²) in [5, 5.41) is 7.02. The van der Waals surface area contributed by atoms with Crippen LogP contribution in [-0.2, 0) is 18.3 Å². The molecule has 1 fully saturated rings. The maximum absolute atomic E-state index is 13.9. The highest BCUT2D eigenvalue weighted by atomic mass is 19.1. The summed E-state index contributed by atoms with van der Waals surface area (Å²) in [5.41, 5.74) is 3.49. The fraction of sp³-hybridized carbons (Fsp3) is 0.346. The van der Waals surface area contributed by atoms with Gasteiger partial charge in [0.1, 0.15) is 5.82 Å². The molecule has 0 aliphatic carbocycles. The van der Waals surface area contributed by atoms with Gasteiger partial charge in [0.25, 0.3) is 5.91 Å². The molecule has 1 N–H and O–H groups in total. The van der Waals surface area contributed by atoms with E-state index >= 15 is 0 Å². The maximum atomic E-state index is 13.9. The van der Waals surface area contributed by atoms with Crippen LogP contribution in [0, 0.1) is 18.2 Å². The van der Waals surface area contributed by atoms with Gasteiger partial charge >= 0.3 is 0 Å². The predicted molar refractivity (Wildman–Crippen MR) is 125 cm³/mol. The Morgan fingerprint density at radius 1 is 1.12 bits per heavy atom. The van der Waals surface area contributed by atoms with Crippen LogP contribution in [0.4, 0.5) is 4.39 Å². The summed E-state index contributed by atoms with van der Waals surface area (Å²) in [5.74, 6) is -0.367. The molecule has 1 aliphatic heterocycles. The molecule has 2 heterocycles. The molecule has 0 spiro atoms. The molecule has 7 heteroatoms. The third-order valence-electron chi connectivity index (χ3n) is 6.86. The van der Waals surface area contributed by atoms with Gasteiger partial charge in [0.15, 0.2) is 0 Å². The molecule has 3 aromatic rings. The first kappa shape index (κ1) is 22.7. The van der Waals surface area contributed by atoms with Crippen molar-refractivity contribution in [3.05, 3.63) is 77.4 Å². The van der Waals surface area contributed by atoms with Gasteiger partial charge in [-0.25, -0.2) is 4.39 Å². The van der Waals surface area contributed by atoms with Crippen LogP contribution in [0.5, 0.6) is 0 Å². The molecule has 1 aromatic heterocycles. The molecule has 0 saturated carbocycles. The Morgan fingerprint density at radius 3 is 2.48 bits per heavy atom. The van der Waals surface area contributed by atoms with E-state index in [9.17, 15) is 14.0 Å². The van der Waals surface area contributed by atoms with Gasteiger partial charge < -0.3 is 10.2 Å². The zero-order valence-electron chi connectivity index (χ0n) is 19.3. The first-order valence-electron chi connectivity index (χ1n) is 11.2. The molecule has 2 amide bonds. The van der Waals surface area contributed by atoms with Gasteiger partial charge in [-0.05, 0) is 55.0 Å². The Hall–Kier alpha value is -3.48. The minimum Gasteiger partial charge on any atom is -0.359 e.